The molecule has 0 saturated carbocycles. The fraction of sp³-hybridized carbons (Fsp3) is 0.560. The number of carbonyl (C=O) groups excluding carboxylic acids is 1. The van der Waals surface area contributed by atoms with Crippen molar-refractivity contribution in [2.45, 2.75) is 64.2 Å². The van der Waals surface area contributed by atoms with Crippen molar-refractivity contribution in [3.05, 3.63) is 58.7 Å². The summed E-state index contributed by atoms with van der Waals surface area (Å²) in [5.74, 6) is 0.919. The lowest BCUT2D eigenvalue weighted by Gasteiger charge is -2.30. The third-order valence-electron chi connectivity index (χ3n) is 7.34. The minimum atomic E-state index is -0.00417. The molecule has 1 aromatic carbocycles. The Morgan fingerprint density at radius 2 is 1.48 bits per heavy atom. The van der Waals surface area contributed by atoms with Crippen molar-refractivity contribution in [1.82, 2.24) is 14.9 Å². The standard InChI is InChI=1S/C25H31N3O/c1-17-19(18-9-3-2-4-10-18)15-23-24(27-22-12-6-5-11-21(22)26-23)16-20(17)25(29)28-13-7-8-14-28/h2-4,9-10,17,19-20H,5-8,11-16H2,1H3/t17-,19+,20+/m1/s1. The van der Waals surface area contributed by atoms with Gasteiger partial charge in [-0.25, -0.2) is 0 Å². The molecular weight excluding hydrogens is 358 g/mol. The van der Waals surface area contributed by atoms with Gasteiger partial charge in [-0.2, -0.15) is 0 Å². The van der Waals surface area contributed by atoms with E-state index in [-0.39, 0.29) is 11.8 Å². The maximum atomic E-state index is 13.5. The number of nitrogens with zero attached hydrogens (tertiary/aromatic N) is 3. The van der Waals surface area contributed by atoms with Crippen LogP contribution < -0.4 is 0 Å². The second kappa shape index (κ2) is 7.89. The molecule has 3 aliphatic rings. The summed E-state index contributed by atoms with van der Waals surface area (Å²) in [6.45, 7) is 4.11. The van der Waals surface area contributed by atoms with Crippen LogP contribution in [-0.4, -0.2) is 33.9 Å². The smallest absolute Gasteiger partial charge is 0.226 e. The van der Waals surface area contributed by atoms with Crippen molar-refractivity contribution < 1.29 is 4.79 Å². The van der Waals surface area contributed by atoms with Gasteiger partial charge in [0.1, 0.15) is 0 Å². The number of benzene rings is 1. The highest BCUT2D eigenvalue weighted by Crippen LogP contribution is 2.40. The molecule has 2 aliphatic carbocycles. The van der Waals surface area contributed by atoms with E-state index in [2.05, 4.69) is 42.2 Å². The molecule has 1 saturated heterocycles. The van der Waals surface area contributed by atoms with Crippen molar-refractivity contribution in [2.75, 3.05) is 13.1 Å². The molecule has 2 heterocycles. The van der Waals surface area contributed by atoms with Crippen LogP contribution in [0.3, 0.4) is 0 Å². The Kier molecular flexibility index (Phi) is 5.11. The first-order valence-electron chi connectivity index (χ1n) is 11.4. The van der Waals surface area contributed by atoms with Gasteiger partial charge < -0.3 is 4.90 Å². The van der Waals surface area contributed by atoms with Gasteiger partial charge >= 0.3 is 0 Å². The molecule has 5 rings (SSSR count). The highest BCUT2D eigenvalue weighted by Gasteiger charge is 2.39. The first-order valence-corrected chi connectivity index (χ1v) is 11.4. The number of aryl methyl sites for hydroxylation is 2. The fourth-order valence-corrected chi connectivity index (χ4v) is 5.57. The molecule has 0 spiro atoms. The Bertz CT molecular complexity index is 888. The van der Waals surface area contributed by atoms with Gasteiger partial charge in [0.2, 0.25) is 5.91 Å². The van der Waals surface area contributed by atoms with Gasteiger partial charge in [0.15, 0.2) is 0 Å². The van der Waals surface area contributed by atoms with Crippen molar-refractivity contribution in [3.63, 3.8) is 0 Å². The van der Waals surface area contributed by atoms with Crippen molar-refractivity contribution in [3.8, 4) is 0 Å². The molecule has 1 aromatic heterocycles. The van der Waals surface area contributed by atoms with E-state index in [4.69, 9.17) is 9.97 Å². The van der Waals surface area contributed by atoms with Gasteiger partial charge in [-0.15, -0.1) is 0 Å². The first-order chi connectivity index (χ1) is 14.2. The van der Waals surface area contributed by atoms with Gasteiger partial charge in [0, 0.05) is 25.4 Å². The summed E-state index contributed by atoms with van der Waals surface area (Å²) >= 11 is 0. The number of aromatic nitrogens is 2. The molecule has 1 amide bonds. The van der Waals surface area contributed by atoms with Crippen LogP contribution in [0, 0.1) is 11.8 Å². The second-order valence-corrected chi connectivity index (χ2v) is 9.14. The number of fused-ring (bicyclic) bond motifs is 2. The van der Waals surface area contributed by atoms with E-state index >= 15 is 0 Å². The summed E-state index contributed by atoms with van der Waals surface area (Å²) in [6.07, 6.45) is 8.43. The lowest BCUT2D eigenvalue weighted by Crippen LogP contribution is -2.39. The average Bonchev–Trinajstić information content (AvgIpc) is 3.26. The quantitative estimate of drug-likeness (QED) is 0.726. The van der Waals surface area contributed by atoms with Crippen LogP contribution in [0.5, 0.6) is 0 Å². The summed E-state index contributed by atoms with van der Waals surface area (Å²) in [7, 11) is 0. The number of likely N-dealkylation sites (tertiary alicyclic amines) is 1. The zero-order valence-corrected chi connectivity index (χ0v) is 17.4. The molecule has 2 aromatic rings. The van der Waals surface area contributed by atoms with Gasteiger partial charge in [0.25, 0.3) is 0 Å². The van der Waals surface area contributed by atoms with E-state index in [1.807, 2.05) is 0 Å². The van der Waals surface area contributed by atoms with Crippen molar-refractivity contribution >= 4 is 5.91 Å². The zero-order chi connectivity index (χ0) is 19.8. The minimum Gasteiger partial charge on any atom is -0.342 e. The highest BCUT2D eigenvalue weighted by atomic mass is 16.2. The van der Waals surface area contributed by atoms with Gasteiger partial charge in [-0.05, 0) is 62.3 Å². The number of carbonyl (C=O) groups is 1. The van der Waals surface area contributed by atoms with E-state index in [0.29, 0.717) is 11.8 Å². The highest BCUT2D eigenvalue weighted by molar-refractivity contribution is 5.80. The number of hydrogen-bond donors (Lipinski definition) is 0. The molecule has 3 atom stereocenters. The summed E-state index contributed by atoms with van der Waals surface area (Å²) in [5, 5.41) is 0. The van der Waals surface area contributed by atoms with Gasteiger partial charge in [0.05, 0.1) is 22.8 Å². The summed E-state index contributed by atoms with van der Waals surface area (Å²) in [5.41, 5.74) is 5.95. The van der Waals surface area contributed by atoms with E-state index < -0.39 is 0 Å². The van der Waals surface area contributed by atoms with Crippen molar-refractivity contribution in [2.24, 2.45) is 11.8 Å². The number of hydrogen-bond acceptors (Lipinski definition) is 3. The topological polar surface area (TPSA) is 46.1 Å². The molecular formula is C25H31N3O. The van der Waals surface area contributed by atoms with E-state index in [9.17, 15) is 4.79 Å². The maximum absolute atomic E-state index is 13.5. The molecule has 152 valence electrons. The summed E-state index contributed by atoms with van der Waals surface area (Å²) < 4.78 is 0. The predicted molar refractivity (Wildman–Crippen MR) is 114 cm³/mol. The van der Waals surface area contributed by atoms with Crippen LogP contribution in [0.15, 0.2) is 30.3 Å². The normalized spacial score (nSPS) is 26.5. The predicted octanol–water partition coefficient (Wildman–Crippen LogP) is 4.11. The summed E-state index contributed by atoms with van der Waals surface area (Å²) in [6, 6.07) is 10.7. The second-order valence-electron chi connectivity index (χ2n) is 9.14. The van der Waals surface area contributed by atoms with Crippen molar-refractivity contribution in [1.29, 1.82) is 0 Å². The monoisotopic (exact) mass is 389 g/mol. The number of rotatable bonds is 2. The molecule has 0 N–H and O–H groups in total. The van der Waals surface area contributed by atoms with Crippen LogP contribution in [-0.2, 0) is 30.5 Å². The van der Waals surface area contributed by atoms with Crippen LogP contribution in [0.1, 0.15) is 66.9 Å². The van der Waals surface area contributed by atoms with E-state index in [0.717, 1.165) is 63.0 Å². The van der Waals surface area contributed by atoms with Gasteiger partial charge in [-0.3, -0.25) is 14.8 Å². The summed E-state index contributed by atoms with van der Waals surface area (Å²) in [4.78, 5) is 25.8. The SMILES string of the molecule is C[C@H]1[C@@H](C(=O)N2CCCC2)Cc2nc3c(nc2C[C@@H]1c1ccccc1)CCCC3. The molecule has 0 radical (unpaired) electrons. The average molecular weight is 390 g/mol. The fourth-order valence-electron chi connectivity index (χ4n) is 5.57. The Balaban J connectivity index is 1.56. The lowest BCUT2D eigenvalue weighted by atomic mass is 9.77. The minimum absolute atomic E-state index is 0.00417. The third kappa shape index (κ3) is 3.58. The maximum Gasteiger partial charge on any atom is 0.226 e. The third-order valence-corrected chi connectivity index (χ3v) is 7.34. The molecule has 4 heteroatoms. The Morgan fingerprint density at radius 3 is 2.14 bits per heavy atom. The Labute approximate surface area is 173 Å². The molecule has 1 fully saturated rings. The largest absolute Gasteiger partial charge is 0.342 e. The van der Waals surface area contributed by atoms with E-state index in [1.165, 1.54) is 29.8 Å². The van der Waals surface area contributed by atoms with Crippen LogP contribution in [0.2, 0.25) is 0 Å². The van der Waals surface area contributed by atoms with E-state index in [1.54, 1.807) is 0 Å². The van der Waals surface area contributed by atoms with Crippen LogP contribution in [0.25, 0.3) is 0 Å². The molecule has 29 heavy (non-hydrogen) atoms. The zero-order valence-electron chi connectivity index (χ0n) is 17.4. The number of amides is 1. The molecule has 1 aliphatic heterocycles. The molecule has 0 unspecified atom stereocenters. The first kappa shape index (κ1) is 18.8. The lowest BCUT2D eigenvalue weighted by molar-refractivity contribution is -0.136. The van der Waals surface area contributed by atoms with Gasteiger partial charge in [-0.1, -0.05) is 37.3 Å². The Morgan fingerprint density at radius 1 is 0.862 bits per heavy atom. The molecule has 4 nitrogen and oxygen atoms in total. The Hall–Kier alpha value is -2.23. The van der Waals surface area contributed by atoms with Crippen LogP contribution in [0.4, 0.5) is 0 Å². The van der Waals surface area contributed by atoms with Crippen LogP contribution >= 0.6 is 0 Å². The molecule has 0 bridgehead atoms.